The van der Waals surface area contributed by atoms with Crippen LogP contribution >= 0.6 is 0 Å². The van der Waals surface area contributed by atoms with Crippen molar-refractivity contribution in [1.29, 1.82) is 0 Å². The number of aliphatic imine (C=N–C) groups is 1. The van der Waals surface area contributed by atoms with Gasteiger partial charge in [0.15, 0.2) is 0 Å². The normalized spacial score (nSPS) is 13.2. The van der Waals surface area contributed by atoms with E-state index in [1.165, 1.54) is 43.1 Å². The molecule has 0 radical (unpaired) electrons. The third kappa shape index (κ3) is 2.38. The van der Waals surface area contributed by atoms with E-state index in [0.717, 1.165) is 55.5 Å². The SMILES string of the molecule is C=N/C(=C\C)n1c2ccc3ccc4c5c3c2c2c3c(ccc21)ccc(c35)n4-c1ccc2ccc3cccnc3c2n1. The van der Waals surface area contributed by atoms with Crippen molar-refractivity contribution < 1.29 is 0 Å². The summed E-state index contributed by atoms with van der Waals surface area (Å²) in [6.45, 7) is 5.91. The van der Waals surface area contributed by atoms with Crippen LogP contribution in [-0.4, -0.2) is 25.8 Å². The highest BCUT2D eigenvalue weighted by molar-refractivity contribution is 6.45. The minimum absolute atomic E-state index is 0.848. The standard InChI is InChI=1S/C36H21N5/c1-3-27(37-2)40-23-13-8-19-10-15-25-33-29(19)31(23)32-24(40)14-9-20-11-16-26(34(33)30(20)32)41(25)28-17-12-22-7-6-21-5-4-18-38-35(21)36(22)39-28/h3-18H,2H2,1H3/b27-3+. The van der Waals surface area contributed by atoms with Gasteiger partial charge in [0, 0.05) is 49.3 Å². The van der Waals surface area contributed by atoms with Gasteiger partial charge in [-0.1, -0.05) is 42.5 Å². The highest BCUT2D eigenvalue weighted by Crippen LogP contribution is 2.51. The molecule has 0 saturated heterocycles. The van der Waals surface area contributed by atoms with E-state index >= 15 is 0 Å². The summed E-state index contributed by atoms with van der Waals surface area (Å²) < 4.78 is 4.60. The largest absolute Gasteiger partial charge is 0.294 e. The molecule has 0 bridgehead atoms. The van der Waals surface area contributed by atoms with Crippen molar-refractivity contribution in [3.05, 3.63) is 97.2 Å². The maximum atomic E-state index is 5.27. The molecule has 0 amide bonds. The summed E-state index contributed by atoms with van der Waals surface area (Å²) in [7, 11) is 0. The average molecular weight is 524 g/mol. The summed E-state index contributed by atoms with van der Waals surface area (Å²) in [5.41, 5.74) is 6.49. The number of fused-ring (bicyclic) bond motifs is 3. The van der Waals surface area contributed by atoms with Crippen LogP contribution in [0.15, 0.2) is 102 Å². The summed E-state index contributed by atoms with van der Waals surface area (Å²) in [6, 6.07) is 30.6. The average Bonchev–Trinajstić information content (AvgIpc) is 3.55. The third-order valence-electron chi connectivity index (χ3n) is 9.04. The first-order valence-corrected chi connectivity index (χ1v) is 13.8. The van der Waals surface area contributed by atoms with E-state index in [1.807, 2.05) is 25.3 Å². The van der Waals surface area contributed by atoms with Gasteiger partial charge in [-0.25, -0.2) is 9.98 Å². The van der Waals surface area contributed by atoms with Crippen LogP contribution in [0.4, 0.5) is 0 Å². The molecule has 0 unspecified atom stereocenters. The molecule has 5 heteroatoms. The van der Waals surface area contributed by atoms with Crippen molar-refractivity contribution in [2.75, 3.05) is 0 Å². The summed E-state index contributed by atoms with van der Waals surface area (Å²) >= 11 is 0. The van der Waals surface area contributed by atoms with Gasteiger partial charge in [-0.05, 0) is 73.0 Å². The molecule has 0 N–H and O–H groups in total. The molecular weight excluding hydrogens is 502 g/mol. The van der Waals surface area contributed by atoms with E-state index in [0.29, 0.717) is 0 Å². The van der Waals surface area contributed by atoms with Gasteiger partial charge in [0.25, 0.3) is 0 Å². The first kappa shape index (κ1) is 21.3. The van der Waals surface area contributed by atoms with Crippen LogP contribution in [0.5, 0.6) is 0 Å². The van der Waals surface area contributed by atoms with Crippen LogP contribution in [-0.2, 0) is 0 Å². The van der Waals surface area contributed by atoms with Gasteiger partial charge in [0.2, 0.25) is 0 Å². The van der Waals surface area contributed by atoms with E-state index < -0.39 is 0 Å². The number of benzene rings is 6. The van der Waals surface area contributed by atoms with Crippen molar-refractivity contribution in [2.24, 2.45) is 4.99 Å². The summed E-state index contributed by atoms with van der Waals surface area (Å²) in [6.07, 6.45) is 3.88. The van der Waals surface area contributed by atoms with Gasteiger partial charge in [-0.2, -0.15) is 0 Å². The van der Waals surface area contributed by atoms with Gasteiger partial charge in [0.05, 0.1) is 33.1 Å². The van der Waals surface area contributed by atoms with Crippen LogP contribution in [0.25, 0.3) is 98.6 Å². The number of hydrogen-bond acceptors (Lipinski definition) is 3. The second-order valence-electron chi connectivity index (χ2n) is 10.9. The molecule has 0 fully saturated rings. The molecule has 0 spiro atoms. The van der Waals surface area contributed by atoms with Gasteiger partial charge in [0.1, 0.15) is 11.6 Å². The Morgan fingerprint density at radius 2 is 1.17 bits per heavy atom. The Kier molecular flexibility index (Phi) is 3.71. The van der Waals surface area contributed by atoms with Crippen LogP contribution in [0.1, 0.15) is 6.92 Å². The van der Waals surface area contributed by atoms with E-state index in [1.54, 1.807) is 0 Å². The first-order valence-electron chi connectivity index (χ1n) is 13.8. The Bertz CT molecular complexity index is 2610. The Morgan fingerprint density at radius 3 is 1.78 bits per heavy atom. The minimum atomic E-state index is 0.848. The maximum Gasteiger partial charge on any atom is 0.138 e. The van der Waals surface area contributed by atoms with Gasteiger partial charge in [-0.15, -0.1) is 0 Å². The van der Waals surface area contributed by atoms with Crippen LogP contribution in [0, 0.1) is 0 Å². The van der Waals surface area contributed by atoms with Gasteiger partial charge < -0.3 is 0 Å². The highest BCUT2D eigenvalue weighted by Gasteiger charge is 2.27. The molecule has 190 valence electrons. The second-order valence-corrected chi connectivity index (χ2v) is 10.9. The van der Waals surface area contributed by atoms with Crippen molar-refractivity contribution in [2.45, 2.75) is 6.92 Å². The predicted octanol–water partition coefficient (Wildman–Crippen LogP) is 9.13. The molecule has 0 saturated carbocycles. The van der Waals surface area contributed by atoms with Gasteiger partial charge in [-0.3, -0.25) is 14.1 Å². The zero-order valence-electron chi connectivity index (χ0n) is 22.2. The maximum absolute atomic E-state index is 5.27. The molecule has 41 heavy (non-hydrogen) atoms. The van der Waals surface area contributed by atoms with Crippen LogP contribution in [0.2, 0.25) is 0 Å². The Morgan fingerprint density at radius 1 is 0.634 bits per heavy atom. The molecule has 0 aliphatic heterocycles. The topological polar surface area (TPSA) is 48.0 Å². The number of aromatic nitrogens is 4. The number of nitrogens with zero attached hydrogens (tertiary/aromatic N) is 5. The van der Waals surface area contributed by atoms with Crippen molar-refractivity contribution in [1.82, 2.24) is 19.1 Å². The molecule has 0 atom stereocenters. The molecule has 10 rings (SSSR count). The fraction of sp³-hybridized carbons (Fsp3) is 0.0278. The number of rotatable bonds is 3. The van der Waals surface area contributed by atoms with Crippen molar-refractivity contribution in [3.8, 4) is 5.82 Å². The third-order valence-corrected chi connectivity index (χ3v) is 9.04. The predicted molar refractivity (Wildman–Crippen MR) is 172 cm³/mol. The molecule has 0 aliphatic rings. The van der Waals surface area contributed by atoms with Crippen molar-refractivity contribution in [3.63, 3.8) is 0 Å². The smallest absolute Gasteiger partial charge is 0.138 e. The van der Waals surface area contributed by atoms with Crippen LogP contribution < -0.4 is 0 Å². The lowest BCUT2D eigenvalue weighted by Gasteiger charge is -2.11. The summed E-state index contributed by atoms with van der Waals surface area (Å²) in [5.74, 6) is 1.75. The minimum Gasteiger partial charge on any atom is -0.294 e. The molecule has 0 aliphatic carbocycles. The lowest BCUT2D eigenvalue weighted by atomic mass is 9.90. The zero-order chi connectivity index (χ0) is 27.0. The molecule has 6 aromatic carbocycles. The van der Waals surface area contributed by atoms with E-state index in [9.17, 15) is 0 Å². The van der Waals surface area contributed by atoms with Gasteiger partial charge >= 0.3 is 0 Å². The lowest BCUT2D eigenvalue weighted by Crippen LogP contribution is -1.98. The Hall–Kier alpha value is -5.55. The fourth-order valence-electron chi connectivity index (χ4n) is 7.43. The molecule has 4 aromatic heterocycles. The highest BCUT2D eigenvalue weighted by atomic mass is 15.1. The zero-order valence-corrected chi connectivity index (χ0v) is 22.2. The molecule has 4 heterocycles. The quantitative estimate of drug-likeness (QED) is 0.132. The molecule has 5 nitrogen and oxygen atoms in total. The first-order chi connectivity index (χ1) is 20.3. The van der Waals surface area contributed by atoms with E-state index in [2.05, 4.69) is 99.7 Å². The molecule has 10 aromatic rings. The summed E-state index contributed by atoms with van der Waals surface area (Å²) in [4.78, 5) is 14.4. The number of allylic oxidation sites excluding steroid dienone is 1. The number of pyridine rings is 2. The Balaban J connectivity index is 1.44. The number of hydrogen-bond donors (Lipinski definition) is 0. The monoisotopic (exact) mass is 523 g/mol. The lowest BCUT2D eigenvalue weighted by molar-refractivity contribution is 1.10. The van der Waals surface area contributed by atoms with Crippen LogP contribution in [0.3, 0.4) is 0 Å². The summed E-state index contributed by atoms with van der Waals surface area (Å²) in [5, 5.41) is 12.4. The van der Waals surface area contributed by atoms with Crippen molar-refractivity contribution >= 4 is 99.5 Å². The Labute approximate surface area is 233 Å². The van der Waals surface area contributed by atoms with E-state index in [4.69, 9.17) is 9.97 Å². The second kappa shape index (κ2) is 7.14. The fourth-order valence-corrected chi connectivity index (χ4v) is 7.43. The van der Waals surface area contributed by atoms with E-state index in [-0.39, 0.29) is 0 Å². The molecular formula is C36H21N5.